The number of urea groups is 1. The molecule has 4 rings (SSSR count). The van der Waals surface area contributed by atoms with E-state index in [4.69, 9.17) is 0 Å². The molecule has 2 aliphatic rings. The fraction of sp³-hybridized carbons (Fsp3) is 0.435. The Labute approximate surface area is 178 Å². The monoisotopic (exact) mass is 427 g/mol. The summed E-state index contributed by atoms with van der Waals surface area (Å²) in [6.45, 7) is 3.65. The van der Waals surface area contributed by atoms with Crippen LogP contribution in [0.15, 0.2) is 65.6 Å². The zero-order chi connectivity index (χ0) is 21.2. The van der Waals surface area contributed by atoms with Gasteiger partial charge in [-0.3, -0.25) is 0 Å². The van der Waals surface area contributed by atoms with Gasteiger partial charge < -0.3 is 10.2 Å². The summed E-state index contributed by atoms with van der Waals surface area (Å²) in [6, 6.07) is 18.4. The Morgan fingerprint density at radius 3 is 2.17 bits per heavy atom. The van der Waals surface area contributed by atoms with Crippen molar-refractivity contribution >= 4 is 16.1 Å². The molecule has 2 aromatic rings. The van der Waals surface area contributed by atoms with Crippen LogP contribution in [0.1, 0.15) is 44.2 Å². The van der Waals surface area contributed by atoms with Crippen molar-refractivity contribution in [2.45, 2.75) is 49.1 Å². The maximum Gasteiger partial charge on any atom is 0.317 e. The minimum Gasteiger partial charge on any atom is -0.331 e. The van der Waals surface area contributed by atoms with Gasteiger partial charge in [0.1, 0.15) is 0 Å². The van der Waals surface area contributed by atoms with Gasteiger partial charge in [-0.1, -0.05) is 48.5 Å². The fourth-order valence-electron chi connectivity index (χ4n) is 4.74. The summed E-state index contributed by atoms with van der Waals surface area (Å²) in [5.74, 6) is 0. The Balaban J connectivity index is 1.42. The molecule has 7 heteroatoms. The summed E-state index contributed by atoms with van der Waals surface area (Å²) in [5.41, 5.74) is 0.687. The van der Waals surface area contributed by atoms with E-state index < -0.39 is 10.0 Å². The predicted molar refractivity (Wildman–Crippen MR) is 116 cm³/mol. The van der Waals surface area contributed by atoms with E-state index in [2.05, 4.69) is 5.32 Å². The average Bonchev–Trinajstić information content (AvgIpc) is 3.19. The van der Waals surface area contributed by atoms with E-state index in [0.29, 0.717) is 37.4 Å². The molecular weight excluding hydrogens is 398 g/mol. The molecule has 2 amide bonds. The Kier molecular flexibility index (Phi) is 5.84. The number of carbonyl (C=O) groups is 1. The summed E-state index contributed by atoms with van der Waals surface area (Å²) < 4.78 is 28.2. The lowest BCUT2D eigenvalue weighted by molar-refractivity contribution is 0.113. The highest BCUT2D eigenvalue weighted by atomic mass is 32.2. The van der Waals surface area contributed by atoms with Crippen molar-refractivity contribution < 1.29 is 13.2 Å². The number of likely N-dealkylation sites (tertiary alicyclic amines) is 1. The first-order chi connectivity index (χ1) is 14.4. The molecule has 2 aromatic carbocycles. The van der Waals surface area contributed by atoms with Crippen LogP contribution in [0, 0.1) is 0 Å². The first kappa shape index (κ1) is 20.9. The number of carbonyl (C=O) groups excluding carboxylic acids is 1. The second kappa shape index (κ2) is 8.40. The number of piperidine rings is 1. The molecule has 0 aliphatic carbocycles. The van der Waals surface area contributed by atoms with Crippen molar-refractivity contribution in [3.63, 3.8) is 0 Å². The molecule has 2 aliphatic heterocycles. The summed E-state index contributed by atoms with van der Waals surface area (Å²) in [7, 11) is -3.53. The minimum absolute atomic E-state index is 0.0731. The van der Waals surface area contributed by atoms with Gasteiger partial charge in [0, 0.05) is 25.2 Å². The van der Waals surface area contributed by atoms with Gasteiger partial charge in [0.15, 0.2) is 0 Å². The number of nitrogens with one attached hydrogen (secondary N) is 1. The molecule has 0 aromatic heterocycles. The maximum atomic E-state index is 13.3. The maximum absolute atomic E-state index is 13.3. The van der Waals surface area contributed by atoms with Gasteiger partial charge >= 0.3 is 6.03 Å². The standard InChI is InChI=1S/C23H29N3O3S/c1-19(20-9-4-2-5-10-20)24-22(27)25-17-14-23(15-18-25)13-8-16-26(23)30(28,29)21-11-6-3-7-12-21/h2-7,9-12,19H,8,13-18H2,1H3,(H,24,27)/t19-/m1/s1. The van der Waals surface area contributed by atoms with Crippen LogP contribution >= 0.6 is 0 Å². The molecule has 1 spiro atoms. The van der Waals surface area contributed by atoms with E-state index in [0.717, 1.165) is 18.4 Å². The second-order valence-electron chi connectivity index (χ2n) is 8.29. The molecule has 1 atom stereocenters. The highest BCUT2D eigenvalue weighted by Gasteiger charge is 2.49. The van der Waals surface area contributed by atoms with Crippen molar-refractivity contribution in [3.05, 3.63) is 66.2 Å². The van der Waals surface area contributed by atoms with E-state index in [1.807, 2.05) is 48.2 Å². The fourth-order valence-corrected chi connectivity index (χ4v) is 6.64. The molecule has 6 nitrogen and oxygen atoms in total. The lowest BCUT2D eigenvalue weighted by atomic mass is 9.86. The zero-order valence-electron chi connectivity index (χ0n) is 17.3. The quantitative estimate of drug-likeness (QED) is 0.807. The van der Waals surface area contributed by atoms with Gasteiger partial charge in [-0.05, 0) is 50.3 Å². The van der Waals surface area contributed by atoms with Crippen molar-refractivity contribution in [1.29, 1.82) is 0 Å². The molecule has 2 heterocycles. The molecule has 0 saturated carbocycles. The van der Waals surface area contributed by atoms with Crippen LogP contribution in [0.25, 0.3) is 0 Å². The smallest absolute Gasteiger partial charge is 0.317 e. The molecule has 2 saturated heterocycles. The number of hydrogen-bond acceptors (Lipinski definition) is 3. The van der Waals surface area contributed by atoms with Crippen LogP contribution in [0.3, 0.4) is 0 Å². The number of benzene rings is 2. The predicted octanol–water partition coefficient (Wildman–Crippen LogP) is 3.78. The number of hydrogen-bond donors (Lipinski definition) is 1. The van der Waals surface area contributed by atoms with Crippen LogP contribution in [0.5, 0.6) is 0 Å². The number of sulfonamides is 1. The van der Waals surface area contributed by atoms with Crippen molar-refractivity contribution in [2.75, 3.05) is 19.6 Å². The topological polar surface area (TPSA) is 69.7 Å². The van der Waals surface area contributed by atoms with Crippen LogP contribution < -0.4 is 5.32 Å². The highest BCUT2D eigenvalue weighted by molar-refractivity contribution is 7.89. The number of rotatable bonds is 4. The summed E-state index contributed by atoms with van der Waals surface area (Å²) in [5, 5.41) is 3.07. The third-order valence-corrected chi connectivity index (χ3v) is 8.50. The molecule has 1 N–H and O–H groups in total. The highest BCUT2D eigenvalue weighted by Crippen LogP contribution is 2.41. The van der Waals surface area contributed by atoms with Crippen molar-refractivity contribution in [2.24, 2.45) is 0 Å². The van der Waals surface area contributed by atoms with E-state index in [-0.39, 0.29) is 17.6 Å². The molecule has 0 bridgehead atoms. The Bertz CT molecular complexity index is 971. The molecule has 160 valence electrons. The third-order valence-electron chi connectivity index (χ3n) is 6.48. The van der Waals surface area contributed by atoms with Crippen LogP contribution in [-0.4, -0.2) is 48.8 Å². The van der Waals surface area contributed by atoms with Crippen LogP contribution in [0.4, 0.5) is 4.79 Å². The third kappa shape index (κ3) is 3.96. The number of amides is 2. The number of nitrogens with zero attached hydrogens (tertiary/aromatic N) is 2. The van der Waals surface area contributed by atoms with Gasteiger partial charge in [-0.2, -0.15) is 4.31 Å². The molecule has 30 heavy (non-hydrogen) atoms. The zero-order valence-corrected chi connectivity index (χ0v) is 18.1. The normalized spacial score (nSPS) is 20.2. The minimum atomic E-state index is -3.53. The molecule has 0 unspecified atom stereocenters. The van der Waals surface area contributed by atoms with Gasteiger partial charge in [0.25, 0.3) is 0 Å². The summed E-state index contributed by atoms with van der Waals surface area (Å²) in [4.78, 5) is 14.9. The van der Waals surface area contributed by atoms with E-state index >= 15 is 0 Å². The van der Waals surface area contributed by atoms with E-state index in [1.165, 1.54) is 0 Å². The summed E-state index contributed by atoms with van der Waals surface area (Å²) >= 11 is 0. The van der Waals surface area contributed by atoms with Gasteiger partial charge in [0.05, 0.1) is 10.9 Å². The van der Waals surface area contributed by atoms with E-state index in [1.54, 1.807) is 28.6 Å². The van der Waals surface area contributed by atoms with Crippen LogP contribution in [-0.2, 0) is 10.0 Å². The Morgan fingerprint density at radius 1 is 0.933 bits per heavy atom. The van der Waals surface area contributed by atoms with Gasteiger partial charge in [-0.25, -0.2) is 13.2 Å². The average molecular weight is 428 g/mol. The Hall–Kier alpha value is -2.38. The lowest BCUT2D eigenvalue weighted by Crippen LogP contribution is -2.56. The second-order valence-corrected chi connectivity index (χ2v) is 10.1. The van der Waals surface area contributed by atoms with E-state index in [9.17, 15) is 13.2 Å². The van der Waals surface area contributed by atoms with Gasteiger partial charge in [-0.15, -0.1) is 0 Å². The van der Waals surface area contributed by atoms with Crippen molar-refractivity contribution in [1.82, 2.24) is 14.5 Å². The molecule has 2 fully saturated rings. The Morgan fingerprint density at radius 2 is 1.53 bits per heavy atom. The largest absolute Gasteiger partial charge is 0.331 e. The first-order valence-corrected chi connectivity index (χ1v) is 12.0. The summed E-state index contributed by atoms with van der Waals surface area (Å²) in [6.07, 6.45) is 3.07. The van der Waals surface area contributed by atoms with Gasteiger partial charge in [0.2, 0.25) is 10.0 Å². The molecular formula is C23H29N3O3S. The van der Waals surface area contributed by atoms with Crippen molar-refractivity contribution in [3.8, 4) is 0 Å². The first-order valence-electron chi connectivity index (χ1n) is 10.6. The molecule has 0 radical (unpaired) electrons. The lowest BCUT2D eigenvalue weighted by Gasteiger charge is -2.44. The SMILES string of the molecule is C[C@@H](NC(=O)N1CCC2(CCCN2S(=O)(=O)c2ccccc2)CC1)c1ccccc1. The van der Waals surface area contributed by atoms with Crippen LogP contribution in [0.2, 0.25) is 0 Å².